The number of aromatic nitrogens is 1. The van der Waals surface area contributed by atoms with E-state index in [1.54, 1.807) is 0 Å². The molecule has 0 bridgehead atoms. The predicted octanol–water partition coefficient (Wildman–Crippen LogP) is 3.59. The fourth-order valence-corrected chi connectivity index (χ4v) is 4.25. The summed E-state index contributed by atoms with van der Waals surface area (Å²) in [5, 5.41) is 11.5. The minimum atomic E-state index is -1.65. The van der Waals surface area contributed by atoms with Gasteiger partial charge in [-0.05, 0) is 30.7 Å². The maximum atomic E-state index is 14.7. The van der Waals surface area contributed by atoms with Crippen molar-refractivity contribution in [3.63, 3.8) is 0 Å². The molecule has 0 radical (unpaired) electrons. The number of aryl methyl sites for hydroxylation is 1. The van der Waals surface area contributed by atoms with Crippen LogP contribution in [0.5, 0.6) is 0 Å². The number of carbonyl (C=O) groups excluding carboxylic acids is 1. The molecule has 1 saturated carbocycles. The standard InChI is InChI=1S/C18H19F4N3O2S/c1-25-7-14(28-24-13-4-2-3-9(13)8-26)16(22)17(25)18(27)23-10-5-11(19)15(21)12(20)6-10/h5-7,9,13,24,26H,2-4,8H2,1H3,(H,23,27). The molecule has 2 aromatic rings. The van der Waals surface area contributed by atoms with Gasteiger partial charge in [-0.3, -0.25) is 9.52 Å². The summed E-state index contributed by atoms with van der Waals surface area (Å²) >= 11 is 1.02. The number of carbonyl (C=O) groups is 1. The van der Waals surface area contributed by atoms with Crippen LogP contribution in [0.2, 0.25) is 0 Å². The van der Waals surface area contributed by atoms with Crippen molar-refractivity contribution >= 4 is 23.5 Å². The molecular weight excluding hydrogens is 398 g/mol. The summed E-state index contributed by atoms with van der Waals surface area (Å²) < 4.78 is 58.7. The Hall–Kier alpha value is -2.04. The van der Waals surface area contributed by atoms with Gasteiger partial charge >= 0.3 is 0 Å². The van der Waals surface area contributed by atoms with E-state index in [-0.39, 0.29) is 34.8 Å². The number of nitrogens with one attached hydrogen (secondary N) is 2. The Labute approximate surface area is 163 Å². The van der Waals surface area contributed by atoms with E-state index in [1.165, 1.54) is 17.8 Å². The molecule has 3 N–H and O–H groups in total. The van der Waals surface area contributed by atoms with E-state index in [4.69, 9.17) is 0 Å². The second kappa shape index (κ2) is 8.54. The van der Waals surface area contributed by atoms with Crippen molar-refractivity contribution < 1.29 is 27.5 Å². The zero-order valence-electron chi connectivity index (χ0n) is 14.9. The average molecular weight is 417 g/mol. The van der Waals surface area contributed by atoms with E-state index in [0.29, 0.717) is 12.1 Å². The normalized spacial score (nSPS) is 19.2. The zero-order valence-corrected chi connectivity index (χ0v) is 15.8. The lowest BCUT2D eigenvalue weighted by atomic mass is 10.1. The summed E-state index contributed by atoms with van der Waals surface area (Å²) in [4.78, 5) is 12.5. The number of rotatable bonds is 6. The summed E-state index contributed by atoms with van der Waals surface area (Å²) in [7, 11) is 1.46. The molecule has 1 aromatic heterocycles. The molecule has 152 valence electrons. The van der Waals surface area contributed by atoms with Crippen LogP contribution in [0.4, 0.5) is 23.2 Å². The van der Waals surface area contributed by atoms with E-state index in [2.05, 4.69) is 10.0 Å². The molecular formula is C18H19F4N3O2S. The van der Waals surface area contributed by atoms with Crippen molar-refractivity contribution in [1.29, 1.82) is 0 Å². The van der Waals surface area contributed by atoms with Crippen LogP contribution in [0.1, 0.15) is 29.8 Å². The number of hydrogen-bond donors (Lipinski definition) is 3. The highest BCUT2D eigenvalue weighted by molar-refractivity contribution is 7.97. The molecule has 5 nitrogen and oxygen atoms in total. The Morgan fingerprint density at radius 2 is 1.89 bits per heavy atom. The number of amides is 1. The van der Waals surface area contributed by atoms with Gasteiger partial charge in [0.2, 0.25) is 0 Å². The summed E-state index contributed by atoms with van der Waals surface area (Å²) in [6.07, 6.45) is 4.14. The van der Waals surface area contributed by atoms with Crippen LogP contribution in [-0.2, 0) is 7.05 Å². The predicted molar refractivity (Wildman–Crippen MR) is 96.8 cm³/mol. The lowest BCUT2D eigenvalue weighted by Crippen LogP contribution is -2.29. The SMILES string of the molecule is Cn1cc(SNC2CCCC2CO)c(F)c1C(=O)Nc1cc(F)c(F)c(F)c1. The maximum Gasteiger partial charge on any atom is 0.275 e. The van der Waals surface area contributed by atoms with Crippen molar-refractivity contribution in [1.82, 2.24) is 9.29 Å². The fourth-order valence-electron chi connectivity index (χ4n) is 3.27. The first-order valence-corrected chi connectivity index (χ1v) is 9.47. The maximum absolute atomic E-state index is 14.7. The van der Waals surface area contributed by atoms with Crippen molar-refractivity contribution in [3.05, 3.63) is 47.3 Å². The average Bonchev–Trinajstić information content (AvgIpc) is 3.21. The van der Waals surface area contributed by atoms with Gasteiger partial charge in [0.05, 0.1) is 4.90 Å². The van der Waals surface area contributed by atoms with E-state index in [9.17, 15) is 27.5 Å². The van der Waals surface area contributed by atoms with Crippen LogP contribution in [0, 0.1) is 29.2 Å². The van der Waals surface area contributed by atoms with E-state index in [1.807, 2.05) is 0 Å². The van der Waals surface area contributed by atoms with Gasteiger partial charge in [0.15, 0.2) is 23.3 Å². The lowest BCUT2D eigenvalue weighted by Gasteiger charge is -2.17. The summed E-state index contributed by atoms with van der Waals surface area (Å²) in [5.41, 5.74) is -0.661. The van der Waals surface area contributed by atoms with Gasteiger partial charge in [-0.15, -0.1) is 0 Å². The molecule has 1 aliphatic rings. The number of aliphatic hydroxyl groups excluding tert-OH is 1. The highest BCUT2D eigenvalue weighted by atomic mass is 32.2. The molecule has 1 amide bonds. The topological polar surface area (TPSA) is 66.3 Å². The molecule has 0 aliphatic heterocycles. The van der Waals surface area contributed by atoms with Gasteiger partial charge in [-0.1, -0.05) is 6.42 Å². The minimum absolute atomic E-state index is 0.0389. The number of benzene rings is 1. The lowest BCUT2D eigenvalue weighted by molar-refractivity contribution is 0.101. The second-order valence-corrected chi connectivity index (χ2v) is 7.55. The molecule has 1 aromatic carbocycles. The van der Waals surface area contributed by atoms with Crippen LogP contribution < -0.4 is 10.0 Å². The molecule has 0 spiro atoms. The third-order valence-corrected chi connectivity index (χ3v) is 5.68. The van der Waals surface area contributed by atoms with Gasteiger partial charge in [0.25, 0.3) is 5.91 Å². The quantitative estimate of drug-likeness (QED) is 0.382. The Balaban J connectivity index is 1.73. The van der Waals surface area contributed by atoms with Gasteiger partial charge in [0, 0.05) is 43.7 Å². The van der Waals surface area contributed by atoms with Gasteiger partial charge in [0.1, 0.15) is 5.69 Å². The van der Waals surface area contributed by atoms with Crippen molar-refractivity contribution in [3.8, 4) is 0 Å². The summed E-state index contributed by atoms with van der Waals surface area (Å²) in [6, 6.07) is 1.27. The van der Waals surface area contributed by atoms with E-state index in [0.717, 1.165) is 31.2 Å². The van der Waals surface area contributed by atoms with Crippen LogP contribution >= 0.6 is 11.9 Å². The number of nitrogens with zero attached hydrogens (tertiary/aromatic N) is 1. The van der Waals surface area contributed by atoms with Crippen LogP contribution in [0.15, 0.2) is 23.2 Å². The smallest absolute Gasteiger partial charge is 0.275 e. The minimum Gasteiger partial charge on any atom is -0.396 e. The van der Waals surface area contributed by atoms with Crippen molar-refractivity contribution in [2.75, 3.05) is 11.9 Å². The molecule has 1 aliphatic carbocycles. The molecule has 1 heterocycles. The summed E-state index contributed by atoms with van der Waals surface area (Å²) in [6.45, 7) is 0.0495. The number of aliphatic hydroxyl groups is 1. The summed E-state index contributed by atoms with van der Waals surface area (Å²) in [5.74, 6) is -6.19. The zero-order chi connectivity index (χ0) is 20.4. The molecule has 1 fully saturated rings. The highest BCUT2D eigenvalue weighted by Crippen LogP contribution is 2.30. The van der Waals surface area contributed by atoms with Crippen LogP contribution in [0.3, 0.4) is 0 Å². The Morgan fingerprint density at radius 1 is 1.21 bits per heavy atom. The molecule has 10 heteroatoms. The number of anilines is 1. The number of hydrogen-bond acceptors (Lipinski definition) is 4. The second-order valence-electron chi connectivity index (χ2n) is 6.67. The molecule has 0 saturated heterocycles. The monoisotopic (exact) mass is 417 g/mol. The Kier molecular flexibility index (Phi) is 6.31. The van der Waals surface area contributed by atoms with E-state index >= 15 is 0 Å². The Bertz CT molecular complexity index is 867. The van der Waals surface area contributed by atoms with E-state index < -0.39 is 29.2 Å². The first-order valence-electron chi connectivity index (χ1n) is 8.65. The Morgan fingerprint density at radius 3 is 2.54 bits per heavy atom. The van der Waals surface area contributed by atoms with Gasteiger partial charge in [-0.2, -0.15) is 0 Å². The van der Waals surface area contributed by atoms with Gasteiger partial charge < -0.3 is 15.0 Å². The molecule has 2 atom stereocenters. The van der Waals surface area contributed by atoms with Crippen LogP contribution in [0.25, 0.3) is 0 Å². The molecule has 3 rings (SSSR count). The highest BCUT2D eigenvalue weighted by Gasteiger charge is 2.28. The fraction of sp³-hybridized carbons (Fsp3) is 0.389. The van der Waals surface area contributed by atoms with Crippen molar-refractivity contribution in [2.24, 2.45) is 13.0 Å². The number of halogens is 4. The third-order valence-electron chi connectivity index (χ3n) is 4.76. The van der Waals surface area contributed by atoms with Gasteiger partial charge in [-0.25, -0.2) is 17.6 Å². The third kappa shape index (κ3) is 4.18. The molecule has 2 unspecified atom stereocenters. The molecule has 28 heavy (non-hydrogen) atoms. The van der Waals surface area contributed by atoms with Crippen molar-refractivity contribution in [2.45, 2.75) is 30.2 Å². The largest absolute Gasteiger partial charge is 0.396 e. The first kappa shape index (κ1) is 20.7. The van der Waals surface area contributed by atoms with Crippen LogP contribution in [-0.4, -0.2) is 28.2 Å². The first-order chi connectivity index (χ1) is 13.3.